The number of benzene rings is 1. The number of para-hydroxylation sites is 1. The highest BCUT2D eigenvalue weighted by Gasteiger charge is 1.99. The number of urea groups is 1. The highest BCUT2D eigenvalue weighted by molar-refractivity contribution is 5.85. The van der Waals surface area contributed by atoms with E-state index in [-0.39, 0.29) is 5.75 Å². The fraction of sp³-hybridized carbons (Fsp3) is 0.111. The Morgan fingerprint density at radius 1 is 1.64 bits per heavy atom. The van der Waals surface area contributed by atoms with E-state index in [1.807, 2.05) is 5.43 Å². The normalized spacial score (nSPS) is 10.4. The molecule has 5 heteroatoms. The number of primary amides is 1. The second-order valence-corrected chi connectivity index (χ2v) is 2.75. The van der Waals surface area contributed by atoms with Crippen LogP contribution in [0.3, 0.4) is 0 Å². The molecule has 0 saturated heterocycles. The molecule has 0 aliphatic carbocycles. The highest BCUT2D eigenvalue weighted by atomic mass is 16.3. The number of carbonyl (C=O) groups excluding carboxylic acids is 1. The van der Waals surface area contributed by atoms with Gasteiger partial charge in [0, 0.05) is 5.56 Å². The lowest BCUT2D eigenvalue weighted by Gasteiger charge is -2.01. The number of nitrogens with two attached hydrogens (primary N) is 1. The smallest absolute Gasteiger partial charge is 0.332 e. The lowest BCUT2D eigenvalue weighted by atomic mass is 10.1. The minimum Gasteiger partial charge on any atom is -0.507 e. The summed E-state index contributed by atoms with van der Waals surface area (Å²) in [6.07, 6.45) is 1.33. The van der Waals surface area contributed by atoms with Gasteiger partial charge in [-0.1, -0.05) is 12.1 Å². The van der Waals surface area contributed by atoms with Gasteiger partial charge in [0.2, 0.25) is 0 Å². The molecule has 1 aromatic rings. The summed E-state index contributed by atoms with van der Waals surface area (Å²) in [5, 5.41) is 13.1. The van der Waals surface area contributed by atoms with Gasteiger partial charge in [0.25, 0.3) is 0 Å². The van der Waals surface area contributed by atoms with Gasteiger partial charge in [0.1, 0.15) is 5.75 Å². The zero-order valence-corrected chi connectivity index (χ0v) is 7.69. The maximum atomic E-state index is 10.3. The standard InChI is InChI=1S/C9H11N3O2/c1-6-3-2-4-7(8(6)13)5-11-12-9(10)14/h2-5,13H,1H3,(H3,10,12,14)/b11-5+. The van der Waals surface area contributed by atoms with Gasteiger partial charge in [-0.3, -0.25) is 0 Å². The van der Waals surface area contributed by atoms with Crippen LogP contribution in [0.1, 0.15) is 11.1 Å². The molecule has 0 radical (unpaired) electrons. The summed E-state index contributed by atoms with van der Waals surface area (Å²) >= 11 is 0. The highest BCUT2D eigenvalue weighted by Crippen LogP contribution is 2.19. The Morgan fingerprint density at radius 3 is 3.00 bits per heavy atom. The van der Waals surface area contributed by atoms with Crippen molar-refractivity contribution < 1.29 is 9.90 Å². The van der Waals surface area contributed by atoms with E-state index in [0.717, 1.165) is 5.56 Å². The molecule has 0 aliphatic heterocycles. The van der Waals surface area contributed by atoms with Crippen molar-refractivity contribution in [2.75, 3.05) is 0 Å². The number of hydrogen-bond acceptors (Lipinski definition) is 3. The monoisotopic (exact) mass is 193 g/mol. The Bertz CT molecular complexity index is 374. The topological polar surface area (TPSA) is 87.7 Å². The fourth-order valence-electron chi connectivity index (χ4n) is 0.951. The molecular weight excluding hydrogens is 182 g/mol. The van der Waals surface area contributed by atoms with Crippen LogP contribution in [0.4, 0.5) is 4.79 Å². The van der Waals surface area contributed by atoms with Gasteiger partial charge in [-0.15, -0.1) is 0 Å². The predicted octanol–water partition coefficient (Wildman–Crippen LogP) is 0.703. The summed E-state index contributed by atoms with van der Waals surface area (Å²) < 4.78 is 0. The van der Waals surface area contributed by atoms with Crippen LogP contribution in [0, 0.1) is 6.92 Å². The molecule has 2 amide bonds. The van der Waals surface area contributed by atoms with Crippen molar-refractivity contribution in [2.24, 2.45) is 10.8 Å². The summed E-state index contributed by atoms with van der Waals surface area (Å²) in [5.41, 5.74) is 8.11. The van der Waals surface area contributed by atoms with E-state index in [9.17, 15) is 9.90 Å². The number of hydrogen-bond donors (Lipinski definition) is 3. The van der Waals surface area contributed by atoms with Crippen LogP contribution in [-0.2, 0) is 0 Å². The lowest BCUT2D eigenvalue weighted by Crippen LogP contribution is -2.24. The Kier molecular flexibility index (Phi) is 3.06. The molecule has 0 heterocycles. The molecule has 5 nitrogen and oxygen atoms in total. The van der Waals surface area contributed by atoms with E-state index >= 15 is 0 Å². The maximum absolute atomic E-state index is 10.3. The average Bonchev–Trinajstić information content (AvgIpc) is 2.12. The summed E-state index contributed by atoms with van der Waals surface area (Å²) in [7, 11) is 0. The summed E-state index contributed by atoms with van der Waals surface area (Å²) in [6, 6.07) is 4.48. The number of hydrazone groups is 1. The Balaban J connectivity index is 2.81. The van der Waals surface area contributed by atoms with E-state index in [1.165, 1.54) is 6.21 Å². The number of amides is 2. The van der Waals surface area contributed by atoms with Gasteiger partial charge < -0.3 is 10.8 Å². The first-order valence-electron chi connectivity index (χ1n) is 3.98. The average molecular weight is 193 g/mol. The Morgan fingerprint density at radius 2 is 2.36 bits per heavy atom. The quantitative estimate of drug-likeness (QED) is 0.477. The van der Waals surface area contributed by atoms with Crippen molar-refractivity contribution in [2.45, 2.75) is 6.92 Å². The van der Waals surface area contributed by atoms with Crippen LogP contribution in [0.5, 0.6) is 5.75 Å². The number of nitrogens with one attached hydrogen (secondary N) is 1. The molecule has 0 aliphatic rings. The van der Waals surface area contributed by atoms with Crippen LogP contribution in [0.25, 0.3) is 0 Å². The predicted molar refractivity (Wildman–Crippen MR) is 53.2 cm³/mol. The lowest BCUT2D eigenvalue weighted by molar-refractivity contribution is 0.249. The molecular formula is C9H11N3O2. The number of nitrogens with zero attached hydrogens (tertiary/aromatic N) is 1. The molecule has 1 rings (SSSR count). The van der Waals surface area contributed by atoms with E-state index in [4.69, 9.17) is 5.73 Å². The molecule has 74 valence electrons. The molecule has 0 bridgehead atoms. The number of carbonyl (C=O) groups is 1. The van der Waals surface area contributed by atoms with Crippen LogP contribution >= 0.6 is 0 Å². The van der Waals surface area contributed by atoms with E-state index in [1.54, 1.807) is 25.1 Å². The summed E-state index contributed by atoms with van der Waals surface area (Å²) in [4.78, 5) is 10.3. The number of rotatable bonds is 2. The first kappa shape index (κ1) is 10.0. The number of aromatic hydroxyl groups is 1. The van der Waals surface area contributed by atoms with Crippen LogP contribution in [-0.4, -0.2) is 17.4 Å². The molecule has 0 spiro atoms. The zero-order chi connectivity index (χ0) is 10.6. The maximum Gasteiger partial charge on any atom is 0.332 e. The Labute approximate surface area is 81.2 Å². The van der Waals surface area contributed by atoms with Crippen LogP contribution in [0.2, 0.25) is 0 Å². The second kappa shape index (κ2) is 4.27. The SMILES string of the molecule is Cc1cccc(/C=N/NC(N)=O)c1O. The summed E-state index contributed by atoms with van der Waals surface area (Å²) in [6.45, 7) is 1.77. The van der Waals surface area contributed by atoms with Gasteiger partial charge in [-0.25, -0.2) is 10.2 Å². The molecule has 0 unspecified atom stereocenters. The molecule has 1 aromatic carbocycles. The number of phenols is 1. The summed E-state index contributed by atoms with van der Waals surface area (Å²) in [5.74, 6) is 0.141. The van der Waals surface area contributed by atoms with Crippen molar-refractivity contribution >= 4 is 12.2 Å². The van der Waals surface area contributed by atoms with Crippen molar-refractivity contribution in [3.63, 3.8) is 0 Å². The van der Waals surface area contributed by atoms with Gasteiger partial charge in [0.05, 0.1) is 6.21 Å². The Hall–Kier alpha value is -2.04. The van der Waals surface area contributed by atoms with Gasteiger partial charge in [-0.2, -0.15) is 5.10 Å². The van der Waals surface area contributed by atoms with Crippen molar-refractivity contribution in [1.82, 2.24) is 5.43 Å². The van der Waals surface area contributed by atoms with Gasteiger partial charge >= 0.3 is 6.03 Å². The third-order valence-electron chi connectivity index (χ3n) is 1.65. The molecule has 0 atom stereocenters. The first-order valence-corrected chi connectivity index (χ1v) is 3.98. The minimum absolute atomic E-state index is 0.141. The van der Waals surface area contributed by atoms with Gasteiger partial charge in [-0.05, 0) is 18.6 Å². The molecule has 0 fully saturated rings. The molecule has 0 saturated carbocycles. The molecule has 14 heavy (non-hydrogen) atoms. The van der Waals surface area contributed by atoms with Crippen molar-refractivity contribution in [3.8, 4) is 5.75 Å². The van der Waals surface area contributed by atoms with Crippen LogP contribution < -0.4 is 11.2 Å². The first-order chi connectivity index (χ1) is 6.61. The van der Waals surface area contributed by atoms with Gasteiger partial charge in [0.15, 0.2) is 0 Å². The number of phenolic OH excluding ortho intramolecular Hbond substituents is 1. The fourth-order valence-corrected chi connectivity index (χ4v) is 0.951. The van der Waals surface area contributed by atoms with E-state index in [0.29, 0.717) is 5.56 Å². The van der Waals surface area contributed by atoms with E-state index < -0.39 is 6.03 Å². The van der Waals surface area contributed by atoms with Crippen molar-refractivity contribution in [3.05, 3.63) is 29.3 Å². The number of aryl methyl sites for hydroxylation is 1. The second-order valence-electron chi connectivity index (χ2n) is 2.75. The zero-order valence-electron chi connectivity index (χ0n) is 7.69. The third kappa shape index (κ3) is 2.48. The van der Waals surface area contributed by atoms with Crippen LogP contribution in [0.15, 0.2) is 23.3 Å². The molecule has 0 aromatic heterocycles. The third-order valence-corrected chi connectivity index (χ3v) is 1.65. The van der Waals surface area contributed by atoms with E-state index in [2.05, 4.69) is 5.10 Å². The van der Waals surface area contributed by atoms with Crippen molar-refractivity contribution in [1.29, 1.82) is 0 Å². The molecule has 4 N–H and O–H groups in total. The largest absolute Gasteiger partial charge is 0.507 e. The minimum atomic E-state index is -0.742.